The first-order valence-corrected chi connectivity index (χ1v) is 8.43. The number of nitro groups is 1. The number of nitro benzene ring substituents is 1. The fourth-order valence-electron chi connectivity index (χ4n) is 2.80. The zero-order valence-electron chi connectivity index (χ0n) is 12.6. The van der Waals surface area contributed by atoms with Gasteiger partial charge in [-0.2, -0.15) is 11.8 Å². The molecule has 1 fully saturated rings. The normalized spacial score (nSPS) is 20.2. The number of aromatic nitrogens is 1. The minimum atomic E-state index is -1.22. The van der Waals surface area contributed by atoms with Crippen LogP contribution in [0.4, 0.5) is 5.69 Å². The summed E-state index contributed by atoms with van der Waals surface area (Å²) >= 11 is 1.49. The van der Waals surface area contributed by atoms with Gasteiger partial charge in [0, 0.05) is 35.0 Å². The van der Waals surface area contributed by atoms with Crippen LogP contribution in [0.25, 0.3) is 10.9 Å². The number of nitrogens with zero attached hydrogens (tertiary/aromatic N) is 1. The second-order valence-electron chi connectivity index (χ2n) is 5.72. The largest absolute Gasteiger partial charge is 0.479 e. The van der Waals surface area contributed by atoms with Crippen LogP contribution in [0.15, 0.2) is 24.4 Å². The van der Waals surface area contributed by atoms with Crippen molar-refractivity contribution in [1.29, 1.82) is 0 Å². The summed E-state index contributed by atoms with van der Waals surface area (Å²) < 4.78 is 0. The first kappa shape index (κ1) is 16.3. The number of amides is 1. The van der Waals surface area contributed by atoms with E-state index in [2.05, 4.69) is 10.3 Å². The summed E-state index contributed by atoms with van der Waals surface area (Å²) in [6.07, 6.45) is 1.96. The summed E-state index contributed by atoms with van der Waals surface area (Å²) in [5.74, 6) is -0.415. The summed E-state index contributed by atoms with van der Waals surface area (Å²) in [4.78, 5) is 37.2. The Labute approximate surface area is 140 Å². The van der Waals surface area contributed by atoms with Crippen LogP contribution in [0.5, 0.6) is 0 Å². The molecule has 0 aliphatic carbocycles. The number of carboxylic acid groups (broad SMARTS) is 1. The van der Waals surface area contributed by atoms with Crippen LogP contribution in [0.3, 0.4) is 0 Å². The second-order valence-corrected chi connectivity index (χ2v) is 6.82. The van der Waals surface area contributed by atoms with Crippen molar-refractivity contribution in [2.45, 2.75) is 18.4 Å². The highest BCUT2D eigenvalue weighted by Crippen LogP contribution is 2.29. The topological polar surface area (TPSA) is 125 Å². The molecule has 8 nitrogen and oxygen atoms in total. The van der Waals surface area contributed by atoms with Crippen LogP contribution >= 0.6 is 11.8 Å². The lowest BCUT2D eigenvalue weighted by molar-refractivity contribution is -0.384. The first-order chi connectivity index (χ1) is 11.4. The van der Waals surface area contributed by atoms with E-state index in [0.29, 0.717) is 34.4 Å². The van der Waals surface area contributed by atoms with Gasteiger partial charge < -0.3 is 15.4 Å². The maximum atomic E-state index is 12.3. The SMILES string of the molecule is O=C(Cc1c[nH]c2ccc([N+](=O)[O-])cc12)NC1(C(=O)O)CCSC1. The van der Waals surface area contributed by atoms with Crippen molar-refractivity contribution in [2.75, 3.05) is 11.5 Å². The molecule has 1 aromatic carbocycles. The zero-order chi connectivity index (χ0) is 17.3. The van der Waals surface area contributed by atoms with Crippen LogP contribution < -0.4 is 5.32 Å². The van der Waals surface area contributed by atoms with E-state index in [1.807, 2.05) is 0 Å². The van der Waals surface area contributed by atoms with E-state index in [9.17, 15) is 24.8 Å². The molecule has 0 radical (unpaired) electrons. The predicted octanol–water partition coefficient (Wildman–Crippen LogP) is 1.70. The molecule has 24 heavy (non-hydrogen) atoms. The van der Waals surface area contributed by atoms with E-state index in [4.69, 9.17) is 0 Å². The van der Waals surface area contributed by atoms with Gasteiger partial charge in [0.2, 0.25) is 5.91 Å². The molecule has 9 heteroatoms. The lowest BCUT2D eigenvalue weighted by Crippen LogP contribution is -2.55. The molecule has 1 amide bonds. The van der Waals surface area contributed by atoms with Crippen LogP contribution in [0.1, 0.15) is 12.0 Å². The van der Waals surface area contributed by atoms with Crippen LogP contribution in [0, 0.1) is 10.1 Å². The Hall–Kier alpha value is -2.55. The number of carbonyl (C=O) groups excluding carboxylic acids is 1. The monoisotopic (exact) mass is 349 g/mol. The van der Waals surface area contributed by atoms with Gasteiger partial charge in [-0.25, -0.2) is 4.79 Å². The third-order valence-corrected chi connectivity index (χ3v) is 5.31. The number of aromatic amines is 1. The van der Waals surface area contributed by atoms with Crippen LogP contribution in [0.2, 0.25) is 0 Å². The molecule has 1 aliphatic heterocycles. The van der Waals surface area contributed by atoms with E-state index < -0.39 is 22.3 Å². The number of aliphatic carboxylic acids is 1. The third-order valence-electron chi connectivity index (χ3n) is 4.12. The molecule has 1 atom stereocenters. The van der Waals surface area contributed by atoms with Gasteiger partial charge in [0.1, 0.15) is 5.54 Å². The average molecular weight is 349 g/mol. The first-order valence-electron chi connectivity index (χ1n) is 7.28. The molecule has 3 rings (SSSR count). The molecular formula is C15H15N3O5S. The number of thioether (sulfide) groups is 1. The Kier molecular flexibility index (Phi) is 4.18. The number of nitrogens with one attached hydrogen (secondary N) is 2. The number of hydrogen-bond donors (Lipinski definition) is 3. The van der Waals surface area contributed by atoms with Crippen LogP contribution in [-0.2, 0) is 16.0 Å². The number of hydrogen-bond acceptors (Lipinski definition) is 5. The number of carboxylic acids is 1. The Balaban J connectivity index is 1.81. The molecule has 1 aromatic heterocycles. The molecule has 0 saturated carbocycles. The highest BCUT2D eigenvalue weighted by atomic mass is 32.2. The fraction of sp³-hybridized carbons (Fsp3) is 0.333. The molecule has 1 aliphatic rings. The van der Waals surface area contributed by atoms with Gasteiger partial charge in [0.25, 0.3) is 5.69 Å². The number of carbonyl (C=O) groups is 2. The molecular weight excluding hydrogens is 334 g/mol. The molecule has 126 valence electrons. The van der Waals surface area contributed by atoms with Gasteiger partial charge in [-0.1, -0.05) is 0 Å². The lowest BCUT2D eigenvalue weighted by atomic mass is 9.98. The van der Waals surface area contributed by atoms with Gasteiger partial charge in [-0.05, 0) is 23.8 Å². The van der Waals surface area contributed by atoms with Crippen molar-refractivity contribution in [2.24, 2.45) is 0 Å². The quantitative estimate of drug-likeness (QED) is 0.557. The van der Waals surface area contributed by atoms with E-state index in [0.717, 1.165) is 0 Å². The van der Waals surface area contributed by atoms with Crippen molar-refractivity contribution in [1.82, 2.24) is 10.3 Å². The number of benzene rings is 1. The highest BCUT2D eigenvalue weighted by molar-refractivity contribution is 7.99. The zero-order valence-corrected chi connectivity index (χ0v) is 13.4. The number of fused-ring (bicyclic) bond motifs is 1. The van der Waals surface area contributed by atoms with Crippen molar-refractivity contribution in [3.05, 3.63) is 40.1 Å². The van der Waals surface area contributed by atoms with Gasteiger partial charge in [-0.15, -0.1) is 0 Å². The number of rotatable bonds is 5. The van der Waals surface area contributed by atoms with Crippen LogP contribution in [-0.4, -0.2) is 43.9 Å². The molecule has 1 unspecified atom stereocenters. The minimum Gasteiger partial charge on any atom is -0.479 e. The standard InChI is InChI=1S/C15H15N3O5S/c19-13(17-15(14(20)21)3-4-24-8-15)5-9-7-16-12-2-1-10(18(22)23)6-11(9)12/h1-2,6-7,16H,3-5,8H2,(H,17,19)(H,20,21). The Bertz CT molecular complexity index is 826. The summed E-state index contributed by atoms with van der Waals surface area (Å²) in [6, 6.07) is 4.38. The smallest absolute Gasteiger partial charge is 0.330 e. The van der Waals surface area contributed by atoms with Gasteiger partial charge >= 0.3 is 5.97 Å². The Morgan fingerprint density at radius 2 is 2.25 bits per heavy atom. The van der Waals surface area contributed by atoms with E-state index in [1.54, 1.807) is 12.3 Å². The summed E-state index contributed by atoms with van der Waals surface area (Å²) in [5.41, 5.74) is 0.00274. The second kappa shape index (κ2) is 6.16. The average Bonchev–Trinajstić information content (AvgIpc) is 3.15. The summed E-state index contributed by atoms with van der Waals surface area (Å²) in [7, 11) is 0. The number of H-pyrrole nitrogens is 1. The molecule has 2 heterocycles. The molecule has 1 saturated heterocycles. The van der Waals surface area contributed by atoms with Gasteiger partial charge in [0.15, 0.2) is 0 Å². The van der Waals surface area contributed by atoms with E-state index in [-0.39, 0.29) is 12.1 Å². The summed E-state index contributed by atoms with van der Waals surface area (Å²) in [6.45, 7) is 0. The van der Waals surface area contributed by atoms with Gasteiger partial charge in [0.05, 0.1) is 11.3 Å². The highest BCUT2D eigenvalue weighted by Gasteiger charge is 2.43. The maximum Gasteiger partial charge on any atom is 0.330 e. The van der Waals surface area contributed by atoms with Crippen molar-refractivity contribution in [3.8, 4) is 0 Å². The van der Waals surface area contributed by atoms with Crippen molar-refractivity contribution < 1.29 is 19.6 Å². The fourth-order valence-corrected chi connectivity index (χ4v) is 4.12. The molecule has 3 N–H and O–H groups in total. The maximum absolute atomic E-state index is 12.3. The van der Waals surface area contributed by atoms with Crippen molar-refractivity contribution >= 4 is 40.2 Å². The molecule has 0 spiro atoms. The lowest BCUT2D eigenvalue weighted by Gasteiger charge is -2.24. The minimum absolute atomic E-state index is 0.0408. The van der Waals surface area contributed by atoms with Crippen molar-refractivity contribution in [3.63, 3.8) is 0 Å². The number of non-ortho nitro benzene ring substituents is 1. The third kappa shape index (κ3) is 2.94. The van der Waals surface area contributed by atoms with E-state index in [1.165, 1.54) is 23.9 Å². The predicted molar refractivity (Wildman–Crippen MR) is 89.1 cm³/mol. The molecule has 2 aromatic rings. The summed E-state index contributed by atoms with van der Waals surface area (Å²) in [5, 5.41) is 23.5. The molecule has 0 bridgehead atoms. The van der Waals surface area contributed by atoms with Gasteiger partial charge in [-0.3, -0.25) is 14.9 Å². The Morgan fingerprint density at radius 1 is 1.46 bits per heavy atom. The van der Waals surface area contributed by atoms with E-state index >= 15 is 0 Å². The Morgan fingerprint density at radius 3 is 2.88 bits per heavy atom.